The Morgan fingerprint density at radius 3 is 2.06 bits per heavy atom. The number of esters is 1. The van der Waals surface area contributed by atoms with E-state index in [1.807, 2.05) is 60.7 Å². The number of rotatable bonds is 9. The number of nitrogens with one attached hydrogen (secondary N) is 1. The van der Waals surface area contributed by atoms with Crippen molar-refractivity contribution in [2.45, 2.75) is 46.8 Å². The molecule has 0 bridgehead atoms. The summed E-state index contributed by atoms with van der Waals surface area (Å²) in [5.41, 5.74) is 3.96. The number of aromatic nitrogens is 1. The molecule has 0 saturated heterocycles. The highest BCUT2D eigenvalue weighted by atomic mass is 16.5. The first-order valence-corrected chi connectivity index (χ1v) is 11.1. The van der Waals surface area contributed by atoms with E-state index in [0.29, 0.717) is 36.3 Å². The monoisotopic (exact) mass is 446 g/mol. The summed E-state index contributed by atoms with van der Waals surface area (Å²) in [7, 11) is 0. The van der Waals surface area contributed by atoms with Gasteiger partial charge in [-0.25, -0.2) is 4.79 Å². The molecule has 1 atom stereocenters. The molecule has 0 fully saturated rings. The molecule has 0 spiro atoms. The molecular weight excluding hydrogens is 416 g/mol. The standard InChI is InChI=1S/C27H30N2O4/c1-18-24(20(3)30)19(2)28-25(18)27(32)33-21(4)26(31)29(17-23-13-9-6-10-14-23)16-15-22-11-7-5-8-12-22/h5-14,21,28H,15-17H2,1-4H3. The molecule has 1 aromatic heterocycles. The van der Waals surface area contributed by atoms with Crippen LogP contribution in [0.4, 0.5) is 0 Å². The molecule has 1 unspecified atom stereocenters. The zero-order chi connectivity index (χ0) is 24.0. The van der Waals surface area contributed by atoms with Crippen LogP contribution in [0, 0.1) is 13.8 Å². The largest absolute Gasteiger partial charge is 0.448 e. The fourth-order valence-corrected chi connectivity index (χ4v) is 3.99. The Bertz CT molecular complexity index is 1120. The molecule has 1 N–H and O–H groups in total. The van der Waals surface area contributed by atoms with Crippen molar-refractivity contribution in [2.75, 3.05) is 6.54 Å². The molecule has 3 aromatic rings. The van der Waals surface area contributed by atoms with Gasteiger partial charge in [-0.3, -0.25) is 9.59 Å². The van der Waals surface area contributed by atoms with E-state index in [0.717, 1.165) is 11.1 Å². The average Bonchev–Trinajstić information content (AvgIpc) is 3.11. The molecule has 0 aliphatic carbocycles. The maximum atomic E-state index is 13.3. The maximum Gasteiger partial charge on any atom is 0.355 e. The number of ether oxygens (including phenoxy) is 1. The summed E-state index contributed by atoms with van der Waals surface area (Å²) in [5, 5.41) is 0. The lowest BCUT2D eigenvalue weighted by Crippen LogP contribution is -2.40. The van der Waals surface area contributed by atoms with Crippen LogP contribution in [0.2, 0.25) is 0 Å². The minimum atomic E-state index is -0.972. The molecule has 0 radical (unpaired) electrons. The average molecular weight is 447 g/mol. The van der Waals surface area contributed by atoms with Gasteiger partial charge in [-0.05, 0) is 50.8 Å². The molecule has 0 aliphatic rings. The normalized spacial score (nSPS) is 11.6. The van der Waals surface area contributed by atoms with E-state index in [1.54, 1.807) is 25.7 Å². The summed E-state index contributed by atoms with van der Waals surface area (Å²) in [4.78, 5) is 42.6. The lowest BCUT2D eigenvalue weighted by atomic mass is 10.1. The second-order valence-corrected chi connectivity index (χ2v) is 8.21. The fraction of sp³-hybridized carbons (Fsp3) is 0.296. The van der Waals surface area contributed by atoms with E-state index in [-0.39, 0.29) is 17.4 Å². The smallest absolute Gasteiger partial charge is 0.355 e. The van der Waals surface area contributed by atoms with Crippen molar-refractivity contribution in [3.8, 4) is 0 Å². The van der Waals surface area contributed by atoms with Crippen LogP contribution in [0.1, 0.15) is 57.1 Å². The number of hydrogen-bond donors (Lipinski definition) is 1. The Morgan fingerprint density at radius 1 is 0.939 bits per heavy atom. The van der Waals surface area contributed by atoms with Crippen molar-refractivity contribution in [3.05, 3.63) is 94.3 Å². The Hall–Kier alpha value is -3.67. The zero-order valence-electron chi connectivity index (χ0n) is 19.6. The number of Topliss-reactive ketones (excluding diaryl/α,β-unsaturated/α-hetero) is 1. The minimum Gasteiger partial charge on any atom is -0.448 e. The van der Waals surface area contributed by atoms with Crippen LogP contribution in [-0.4, -0.2) is 40.2 Å². The number of nitrogens with zero attached hydrogens (tertiary/aromatic N) is 1. The van der Waals surface area contributed by atoms with Gasteiger partial charge in [0.1, 0.15) is 5.69 Å². The summed E-state index contributed by atoms with van der Waals surface area (Å²) in [6.07, 6.45) is -0.280. The third-order valence-electron chi connectivity index (χ3n) is 5.67. The second-order valence-electron chi connectivity index (χ2n) is 8.21. The number of ketones is 1. The van der Waals surface area contributed by atoms with Crippen LogP contribution < -0.4 is 0 Å². The maximum absolute atomic E-state index is 13.3. The molecule has 1 heterocycles. The Labute approximate surface area is 194 Å². The number of amides is 1. The lowest BCUT2D eigenvalue weighted by molar-refractivity contribution is -0.140. The Morgan fingerprint density at radius 2 is 1.52 bits per heavy atom. The predicted octanol–water partition coefficient (Wildman–Crippen LogP) is 4.65. The molecule has 172 valence electrons. The first-order chi connectivity index (χ1) is 15.8. The highest BCUT2D eigenvalue weighted by Gasteiger charge is 2.27. The number of carbonyl (C=O) groups excluding carboxylic acids is 3. The molecule has 6 heteroatoms. The van der Waals surface area contributed by atoms with Crippen LogP contribution >= 0.6 is 0 Å². The molecule has 3 rings (SSSR count). The van der Waals surface area contributed by atoms with Crippen LogP contribution in [0.25, 0.3) is 0 Å². The van der Waals surface area contributed by atoms with Gasteiger partial charge in [0.15, 0.2) is 11.9 Å². The van der Waals surface area contributed by atoms with E-state index < -0.39 is 12.1 Å². The van der Waals surface area contributed by atoms with Gasteiger partial charge in [0.25, 0.3) is 5.91 Å². The Balaban J connectivity index is 1.74. The van der Waals surface area contributed by atoms with Gasteiger partial charge >= 0.3 is 5.97 Å². The lowest BCUT2D eigenvalue weighted by Gasteiger charge is -2.26. The number of benzene rings is 2. The van der Waals surface area contributed by atoms with Gasteiger partial charge in [-0.1, -0.05) is 60.7 Å². The minimum absolute atomic E-state index is 0.126. The summed E-state index contributed by atoms with van der Waals surface area (Å²) in [6, 6.07) is 19.7. The van der Waals surface area contributed by atoms with E-state index in [1.165, 1.54) is 6.92 Å². The van der Waals surface area contributed by atoms with Gasteiger partial charge in [0.05, 0.1) is 0 Å². The first-order valence-electron chi connectivity index (χ1n) is 11.1. The topological polar surface area (TPSA) is 79.5 Å². The number of hydrogen-bond acceptors (Lipinski definition) is 4. The van der Waals surface area contributed by atoms with Crippen LogP contribution in [0.5, 0.6) is 0 Å². The van der Waals surface area contributed by atoms with Crippen LogP contribution in [0.15, 0.2) is 60.7 Å². The number of H-pyrrole nitrogens is 1. The van der Waals surface area contributed by atoms with Gasteiger partial charge in [0.2, 0.25) is 0 Å². The van der Waals surface area contributed by atoms with E-state index >= 15 is 0 Å². The van der Waals surface area contributed by atoms with Crippen molar-refractivity contribution in [1.29, 1.82) is 0 Å². The van der Waals surface area contributed by atoms with Gasteiger partial charge < -0.3 is 14.6 Å². The van der Waals surface area contributed by atoms with Crippen molar-refractivity contribution >= 4 is 17.7 Å². The van der Waals surface area contributed by atoms with Gasteiger partial charge in [-0.2, -0.15) is 0 Å². The number of aromatic amines is 1. The van der Waals surface area contributed by atoms with Crippen molar-refractivity contribution in [1.82, 2.24) is 9.88 Å². The predicted molar refractivity (Wildman–Crippen MR) is 127 cm³/mol. The highest BCUT2D eigenvalue weighted by molar-refractivity contribution is 6.01. The second kappa shape index (κ2) is 10.8. The third-order valence-corrected chi connectivity index (χ3v) is 5.67. The third kappa shape index (κ3) is 5.98. The van der Waals surface area contributed by atoms with Gasteiger partial charge in [-0.15, -0.1) is 0 Å². The molecule has 1 amide bonds. The summed E-state index contributed by atoms with van der Waals surface area (Å²) >= 11 is 0. The fourth-order valence-electron chi connectivity index (χ4n) is 3.99. The summed E-state index contributed by atoms with van der Waals surface area (Å²) in [5.74, 6) is -1.04. The van der Waals surface area contributed by atoms with Gasteiger partial charge in [0, 0.05) is 24.3 Å². The number of carbonyl (C=O) groups is 3. The molecule has 6 nitrogen and oxygen atoms in total. The first kappa shape index (κ1) is 24.0. The Kier molecular flexibility index (Phi) is 7.83. The van der Waals surface area contributed by atoms with Crippen molar-refractivity contribution < 1.29 is 19.1 Å². The van der Waals surface area contributed by atoms with Crippen LogP contribution in [0.3, 0.4) is 0 Å². The summed E-state index contributed by atoms with van der Waals surface area (Å²) in [6.45, 7) is 7.39. The zero-order valence-corrected chi connectivity index (χ0v) is 19.6. The molecular formula is C27H30N2O4. The summed E-state index contributed by atoms with van der Waals surface area (Å²) < 4.78 is 5.53. The molecule has 33 heavy (non-hydrogen) atoms. The molecule has 0 saturated carbocycles. The quantitative estimate of drug-likeness (QED) is 0.383. The van der Waals surface area contributed by atoms with Crippen molar-refractivity contribution in [3.63, 3.8) is 0 Å². The van der Waals surface area contributed by atoms with Crippen molar-refractivity contribution in [2.24, 2.45) is 0 Å². The van der Waals surface area contributed by atoms with E-state index in [9.17, 15) is 14.4 Å². The SMILES string of the molecule is CC(=O)c1c(C)[nH]c(C(=O)OC(C)C(=O)N(CCc2ccccc2)Cc2ccccc2)c1C. The molecule has 2 aromatic carbocycles. The van der Waals surface area contributed by atoms with E-state index in [4.69, 9.17) is 4.74 Å². The molecule has 0 aliphatic heterocycles. The van der Waals surface area contributed by atoms with Crippen LogP contribution in [-0.2, 0) is 22.5 Å². The highest BCUT2D eigenvalue weighted by Crippen LogP contribution is 2.20. The number of aryl methyl sites for hydroxylation is 1. The van der Waals surface area contributed by atoms with E-state index in [2.05, 4.69) is 4.98 Å².